The predicted octanol–water partition coefficient (Wildman–Crippen LogP) is 15.0. The van der Waals surface area contributed by atoms with Crippen LogP contribution in [0.1, 0.15) is 40.0 Å². The quantitative estimate of drug-likeness (QED) is 0.160. The first-order valence-electron chi connectivity index (χ1n) is 23.9. The molecule has 0 saturated heterocycles. The van der Waals surface area contributed by atoms with Crippen LogP contribution >= 0.6 is 28.3 Å². The van der Waals surface area contributed by atoms with Gasteiger partial charge in [-0.25, -0.2) is 4.98 Å². The topological polar surface area (TPSA) is 33.5 Å². The number of benzene rings is 7. The van der Waals surface area contributed by atoms with Gasteiger partial charge in [0.25, 0.3) is 0 Å². The highest BCUT2D eigenvalue weighted by molar-refractivity contribution is 9.10. The molecule has 1 aliphatic heterocycles. The van der Waals surface area contributed by atoms with E-state index in [2.05, 4.69) is 65.5 Å². The molecular weight excluding hydrogens is 812 g/mol. The molecule has 1 aliphatic rings. The fraction of sp³-hybridized carbons (Fsp3) is 0.0962. The van der Waals surface area contributed by atoms with Crippen LogP contribution in [0.15, 0.2) is 186 Å². The van der Waals surface area contributed by atoms with Crippen molar-refractivity contribution in [2.45, 2.75) is 26.2 Å². The summed E-state index contributed by atoms with van der Waals surface area (Å²) in [7, 11) is 0. The van der Waals surface area contributed by atoms with Crippen molar-refractivity contribution in [1.82, 2.24) is 9.55 Å². The SMILES string of the molecule is Cl.[2H]c1c([2H])c([2H])c(-c2cccc(-c3c([2H])c([2H])c([2H])c([2H])c3[2H])c2N2CN(c3cccc(Oc4ccc5c6ccccc6n(-c6cc(C(C)(C)C)ccn6)c5c4)c3)c3cccc(Br)c32)c([2H])c1[2H]. The maximum atomic E-state index is 9.04. The van der Waals surface area contributed by atoms with Gasteiger partial charge < -0.3 is 14.5 Å². The van der Waals surface area contributed by atoms with E-state index in [4.69, 9.17) is 23.4 Å². The van der Waals surface area contributed by atoms with Gasteiger partial charge in [-0.15, -0.1) is 12.4 Å². The van der Waals surface area contributed by atoms with E-state index in [0.29, 0.717) is 21.7 Å². The molecule has 59 heavy (non-hydrogen) atoms. The monoisotopic (exact) mass is 862 g/mol. The zero-order valence-corrected chi connectivity index (χ0v) is 34.6. The van der Waals surface area contributed by atoms with E-state index < -0.39 is 60.4 Å². The van der Waals surface area contributed by atoms with E-state index in [-0.39, 0.29) is 52.4 Å². The fourth-order valence-electron chi connectivity index (χ4n) is 7.81. The summed E-state index contributed by atoms with van der Waals surface area (Å²) < 4.78 is 96.7. The first-order valence-corrected chi connectivity index (χ1v) is 19.6. The van der Waals surface area contributed by atoms with Gasteiger partial charge in [-0.2, -0.15) is 0 Å². The van der Waals surface area contributed by atoms with Crippen molar-refractivity contribution in [3.05, 3.63) is 192 Å². The van der Waals surface area contributed by atoms with Crippen molar-refractivity contribution in [1.29, 1.82) is 0 Å². The molecule has 290 valence electrons. The molecule has 0 amide bonds. The third kappa shape index (κ3) is 6.92. The van der Waals surface area contributed by atoms with Crippen LogP contribution < -0.4 is 14.5 Å². The standard InChI is InChI=1S/C52H41BrN4O.ClH/c1-52(2,3)37-29-30-54-49(31-37)57-46-25-11-10-21-43(46)44-28-27-40(33-48(44)57)58-39-20-12-19-38(32-39)55-34-56(51-45(53)24-14-26-47(51)55)50-41(35-15-6-4-7-16-35)22-13-23-42(50)36-17-8-5-9-18-36;/h4-33H,34H2,1-3H3;1H/i4D,5D,6D,7D,8D,9D,15D,16D,17D,18D;. The Morgan fingerprint density at radius 2 is 1.29 bits per heavy atom. The first kappa shape index (κ1) is 28.1. The van der Waals surface area contributed by atoms with E-state index in [1.54, 1.807) is 18.2 Å². The highest BCUT2D eigenvalue weighted by atomic mass is 79.9. The summed E-state index contributed by atoms with van der Waals surface area (Å²) in [5.41, 5.74) is 5.62. The number of fused-ring (bicyclic) bond motifs is 4. The summed E-state index contributed by atoms with van der Waals surface area (Å²) in [4.78, 5) is 8.74. The predicted molar refractivity (Wildman–Crippen MR) is 252 cm³/mol. The van der Waals surface area contributed by atoms with Gasteiger partial charge in [0.15, 0.2) is 0 Å². The van der Waals surface area contributed by atoms with Crippen LogP contribution in [0.4, 0.5) is 22.7 Å². The zero-order chi connectivity index (χ0) is 48.1. The van der Waals surface area contributed by atoms with Gasteiger partial charge in [0.1, 0.15) is 24.0 Å². The van der Waals surface area contributed by atoms with Crippen molar-refractivity contribution < 1.29 is 18.4 Å². The molecule has 0 unspecified atom stereocenters. The smallest absolute Gasteiger partial charge is 0.137 e. The second-order valence-electron chi connectivity index (χ2n) is 15.1. The summed E-state index contributed by atoms with van der Waals surface area (Å²) in [5.74, 6) is 1.95. The van der Waals surface area contributed by atoms with Gasteiger partial charge in [0, 0.05) is 50.4 Å². The number of hydrogen-bond acceptors (Lipinski definition) is 4. The van der Waals surface area contributed by atoms with E-state index >= 15 is 0 Å². The minimum Gasteiger partial charge on any atom is -0.457 e. The molecule has 9 aromatic rings. The van der Waals surface area contributed by atoms with Crippen LogP contribution in [0.3, 0.4) is 0 Å². The Morgan fingerprint density at radius 3 is 2.02 bits per heavy atom. The molecule has 0 fully saturated rings. The van der Waals surface area contributed by atoms with Gasteiger partial charge in [-0.1, -0.05) is 130 Å². The van der Waals surface area contributed by atoms with Gasteiger partial charge >= 0.3 is 0 Å². The summed E-state index contributed by atoms with van der Waals surface area (Å²) in [6.45, 7) is 6.64. The average molecular weight is 864 g/mol. The molecule has 0 bridgehead atoms. The Balaban J connectivity index is 0.00000593. The molecule has 7 aromatic carbocycles. The minimum atomic E-state index is -0.556. The highest BCUT2D eigenvalue weighted by Crippen LogP contribution is 2.52. The Bertz CT molecular complexity index is 3430. The maximum absolute atomic E-state index is 9.04. The lowest BCUT2D eigenvalue weighted by molar-refractivity contribution is 0.483. The second kappa shape index (κ2) is 15.4. The molecule has 10 rings (SSSR count). The highest BCUT2D eigenvalue weighted by Gasteiger charge is 2.33. The Hall–Kier alpha value is -6.34. The van der Waals surface area contributed by atoms with Gasteiger partial charge in [-0.05, 0) is 92.6 Å². The molecule has 0 radical (unpaired) electrons. The molecule has 7 heteroatoms. The largest absolute Gasteiger partial charge is 0.457 e. The number of anilines is 4. The van der Waals surface area contributed by atoms with Crippen molar-refractivity contribution in [3.8, 4) is 39.6 Å². The second-order valence-corrected chi connectivity index (χ2v) is 15.9. The summed E-state index contributed by atoms with van der Waals surface area (Å²) in [6.07, 6.45) is 1.85. The summed E-state index contributed by atoms with van der Waals surface area (Å²) >= 11 is 3.78. The molecule has 0 N–H and O–H groups in total. The molecule has 5 nitrogen and oxygen atoms in total. The summed E-state index contributed by atoms with van der Waals surface area (Å²) in [5, 5.41) is 2.14. The number of hydrogen-bond donors (Lipinski definition) is 0. The average Bonchev–Trinajstić information content (AvgIpc) is 3.88. The van der Waals surface area contributed by atoms with Crippen LogP contribution in [0.5, 0.6) is 11.5 Å². The number of halogens is 2. The van der Waals surface area contributed by atoms with Crippen molar-refractivity contribution in [3.63, 3.8) is 0 Å². The van der Waals surface area contributed by atoms with Crippen molar-refractivity contribution >= 4 is 72.9 Å². The number of nitrogens with zero attached hydrogens (tertiary/aromatic N) is 4. The van der Waals surface area contributed by atoms with E-state index in [1.165, 1.54) is 0 Å². The van der Waals surface area contributed by atoms with Crippen molar-refractivity contribution in [2.75, 3.05) is 16.5 Å². The Morgan fingerprint density at radius 1 is 0.627 bits per heavy atom. The fourth-order valence-corrected chi connectivity index (χ4v) is 8.38. The molecule has 0 spiro atoms. The lowest BCUT2D eigenvalue weighted by atomic mass is 9.88. The van der Waals surface area contributed by atoms with E-state index in [9.17, 15) is 0 Å². The van der Waals surface area contributed by atoms with Crippen LogP contribution in [-0.2, 0) is 5.41 Å². The number of para-hydroxylation sites is 3. The third-order valence-corrected chi connectivity index (χ3v) is 11.1. The summed E-state index contributed by atoms with van der Waals surface area (Å²) in [6, 6.07) is 31.6. The third-order valence-electron chi connectivity index (χ3n) is 10.5. The van der Waals surface area contributed by atoms with Crippen molar-refractivity contribution in [2.24, 2.45) is 0 Å². The lowest BCUT2D eigenvalue weighted by Gasteiger charge is -2.27. The number of rotatable bonds is 7. The zero-order valence-electron chi connectivity index (χ0n) is 42.2. The van der Waals surface area contributed by atoms with Crippen LogP contribution in [0.2, 0.25) is 0 Å². The Labute approximate surface area is 373 Å². The minimum absolute atomic E-state index is 0. The van der Waals surface area contributed by atoms with Crippen LogP contribution in [0.25, 0.3) is 49.9 Å². The molecule has 2 aromatic heterocycles. The van der Waals surface area contributed by atoms with E-state index in [0.717, 1.165) is 44.6 Å². The Kier molecular flexibility index (Phi) is 7.37. The molecule has 0 aliphatic carbocycles. The first-order chi connectivity index (χ1) is 32.5. The number of aromatic nitrogens is 2. The molecule has 0 atom stereocenters. The maximum Gasteiger partial charge on any atom is 0.137 e. The molecular formula is C52H42BrClN4O. The lowest BCUT2D eigenvalue weighted by Crippen LogP contribution is -2.25. The van der Waals surface area contributed by atoms with Crippen LogP contribution in [-0.4, -0.2) is 16.2 Å². The van der Waals surface area contributed by atoms with Gasteiger partial charge in [0.05, 0.1) is 41.8 Å². The van der Waals surface area contributed by atoms with Gasteiger partial charge in [0.2, 0.25) is 0 Å². The molecule has 0 saturated carbocycles. The van der Waals surface area contributed by atoms with Crippen LogP contribution in [0, 0.1) is 0 Å². The van der Waals surface area contributed by atoms with E-state index in [1.807, 2.05) is 88.8 Å². The molecule has 3 heterocycles. The van der Waals surface area contributed by atoms with Gasteiger partial charge in [-0.3, -0.25) is 4.57 Å². The number of pyridine rings is 1. The normalized spacial score (nSPS) is 14.8. The number of ether oxygens (including phenoxy) is 1.